The molecule has 8 heteroatoms. The van der Waals surface area contributed by atoms with Gasteiger partial charge >= 0.3 is 0 Å². The predicted molar refractivity (Wildman–Crippen MR) is 103 cm³/mol. The molecule has 4 nitrogen and oxygen atoms in total. The summed E-state index contributed by atoms with van der Waals surface area (Å²) < 4.78 is 29.8. The number of anilines is 1. The Labute approximate surface area is 163 Å². The number of aryl methyl sites for hydroxylation is 1. The van der Waals surface area contributed by atoms with Crippen molar-refractivity contribution < 1.29 is 13.6 Å². The molecular formula is C19H14ClF2N3OS. The third-order valence-electron chi connectivity index (χ3n) is 4.33. The fourth-order valence-electron chi connectivity index (χ4n) is 3.14. The zero-order valence-corrected chi connectivity index (χ0v) is 15.7. The number of nitrogens with zero attached hydrogens (tertiary/aromatic N) is 2. The number of para-hydroxylation sites is 1. The zero-order chi connectivity index (χ0) is 19.1. The second-order valence-electron chi connectivity index (χ2n) is 6.12. The van der Waals surface area contributed by atoms with Crippen LogP contribution in [0, 0.1) is 18.6 Å². The number of amides is 1. The lowest BCUT2D eigenvalue weighted by molar-refractivity contribution is -0.113. The topological polar surface area (TPSA) is 46.9 Å². The van der Waals surface area contributed by atoms with Gasteiger partial charge < -0.3 is 5.32 Å². The van der Waals surface area contributed by atoms with E-state index in [-0.39, 0.29) is 17.2 Å². The maximum atomic E-state index is 14.5. The summed E-state index contributed by atoms with van der Waals surface area (Å²) >= 11 is 7.53. The van der Waals surface area contributed by atoms with Gasteiger partial charge in [-0.15, -0.1) is 11.8 Å². The highest BCUT2D eigenvalue weighted by molar-refractivity contribution is 8.00. The minimum atomic E-state index is -0.578. The number of hydrogen-bond acceptors (Lipinski definition) is 3. The molecule has 0 saturated carbocycles. The largest absolute Gasteiger partial charge is 0.310 e. The summed E-state index contributed by atoms with van der Waals surface area (Å²) in [6, 6.07) is 10.4. The molecule has 2 heterocycles. The van der Waals surface area contributed by atoms with Gasteiger partial charge in [-0.3, -0.25) is 4.79 Å². The van der Waals surface area contributed by atoms with Crippen LogP contribution in [0.25, 0.3) is 5.69 Å². The van der Waals surface area contributed by atoms with Crippen LogP contribution in [0.5, 0.6) is 0 Å². The summed E-state index contributed by atoms with van der Waals surface area (Å²) in [6.07, 6.45) is 0. The number of benzene rings is 2. The molecule has 1 amide bonds. The van der Waals surface area contributed by atoms with E-state index in [4.69, 9.17) is 11.6 Å². The maximum absolute atomic E-state index is 14.5. The third-order valence-corrected chi connectivity index (χ3v) is 5.90. The van der Waals surface area contributed by atoms with Crippen molar-refractivity contribution in [2.24, 2.45) is 0 Å². The Morgan fingerprint density at radius 3 is 2.81 bits per heavy atom. The van der Waals surface area contributed by atoms with Crippen molar-refractivity contribution in [1.29, 1.82) is 0 Å². The predicted octanol–water partition coefficient (Wildman–Crippen LogP) is 4.89. The Morgan fingerprint density at radius 2 is 2.04 bits per heavy atom. The van der Waals surface area contributed by atoms with Gasteiger partial charge in [0.2, 0.25) is 5.91 Å². The van der Waals surface area contributed by atoms with E-state index in [0.29, 0.717) is 27.8 Å². The van der Waals surface area contributed by atoms with Crippen molar-refractivity contribution in [3.8, 4) is 5.69 Å². The molecule has 0 fully saturated rings. The normalized spacial score (nSPS) is 16.6. The lowest BCUT2D eigenvalue weighted by Gasteiger charge is -2.16. The van der Waals surface area contributed by atoms with Crippen LogP contribution in [-0.4, -0.2) is 21.4 Å². The molecule has 1 aliphatic heterocycles. The average molecular weight is 406 g/mol. The van der Waals surface area contributed by atoms with Crippen molar-refractivity contribution in [3.63, 3.8) is 0 Å². The Hall–Kier alpha value is -2.38. The monoisotopic (exact) mass is 405 g/mol. The molecule has 1 aromatic heterocycles. The first-order valence-electron chi connectivity index (χ1n) is 8.16. The molecule has 0 aliphatic carbocycles. The van der Waals surface area contributed by atoms with Crippen LogP contribution in [0.4, 0.5) is 14.6 Å². The second-order valence-corrected chi connectivity index (χ2v) is 7.62. The number of carbonyl (C=O) groups excluding carboxylic acids is 1. The number of fused-ring (bicyclic) bond motifs is 1. The molecule has 3 aromatic rings. The van der Waals surface area contributed by atoms with Crippen molar-refractivity contribution in [3.05, 3.63) is 75.9 Å². The highest BCUT2D eigenvalue weighted by atomic mass is 35.5. The molecule has 0 spiro atoms. The van der Waals surface area contributed by atoms with E-state index in [1.54, 1.807) is 29.8 Å². The van der Waals surface area contributed by atoms with Crippen molar-refractivity contribution in [1.82, 2.24) is 9.78 Å². The maximum Gasteiger partial charge on any atom is 0.235 e. The fraction of sp³-hybridized carbons (Fsp3) is 0.158. The molecule has 2 aromatic carbocycles. The van der Waals surface area contributed by atoms with Crippen LogP contribution >= 0.6 is 23.4 Å². The highest BCUT2D eigenvalue weighted by Gasteiger charge is 2.32. The van der Waals surface area contributed by atoms with Gasteiger partial charge in [-0.2, -0.15) is 5.10 Å². The van der Waals surface area contributed by atoms with Gasteiger partial charge in [-0.25, -0.2) is 13.5 Å². The summed E-state index contributed by atoms with van der Waals surface area (Å²) in [7, 11) is 0. The van der Waals surface area contributed by atoms with Crippen molar-refractivity contribution in [2.45, 2.75) is 12.2 Å². The Kier molecular flexibility index (Phi) is 4.65. The lowest BCUT2D eigenvalue weighted by atomic mass is 10.0. The van der Waals surface area contributed by atoms with Gasteiger partial charge in [0.25, 0.3) is 0 Å². The van der Waals surface area contributed by atoms with Crippen LogP contribution in [0.1, 0.15) is 22.1 Å². The smallest absolute Gasteiger partial charge is 0.235 e. The number of thioether (sulfide) groups is 1. The van der Waals surface area contributed by atoms with Crippen LogP contribution in [0.2, 0.25) is 5.02 Å². The first kappa shape index (κ1) is 18.0. The molecule has 1 aliphatic rings. The first-order chi connectivity index (χ1) is 13.0. The summed E-state index contributed by atoms with van der Waals surface area (Å²) in [5, 5.41) is 7.24. The first-order valence-corrected chi connectivity index (χ1v) is 9.59. The molecule has 0 bridgehead atoms. The van der Waals surface area contributed by atoms with Crippen LogP contribution < -0.4 is 5.32 Å². The van der Waals surface area contributed by atoms with Crippen LogP contribution in [-0.2, 0) is 4.79 Å². The number of carbonyl (C=O) groups is 1. The molecule has 27 heavy (non-hydrogen) atoms. The number of rotatable bonds is 2. The van der Waals surface area contributed by atoms with Gasteiger partial charge in [0.05, 0.1) is 27.4 Å². The molecule has 1 N–H and O–H groups in total. The van der Waals surface area contributed by atoms with Crippen molar-refractivity contribution >= 4 is 35.1 Å². The van der Waals surface area contributed by atoms with Crippen molar-refractivity contribution in [2.75, 3.05) is 11.1 Å². The van der Waals surface area contributed by atoms with Gasteiger partial charge in [0.15, 0.2) is 0 Å². The quantitative estimate of drug-likeness (QED) is 0.660. The number of hydrogen-bond donors (Lipinski definition) is 1. The fourth-order valence-corrected chi connectivity index (χ4v) is 4.56. The number of halogens is 3. The average Bonchev–Trinajstić information content (AvgIpc) is 2.84. The lowest BCUT2D eigenvalue weighted by Crippen LogP contribution is -2.16. The third kappa shape index (κ3) is 3.21. The highest BCUT2D eigenvalue weighted by Crippen LogP contribution is 2.45. The van der Waals surface area contributed by atoms with Gasteiger partial charge in [-0.1, -0.05) is 23.7 Å². The summed E-state index contributed by atoms with van der Waals surface area (Å²) in [5.74, 6) is -0.776. The van der Waals surface area contributed by atoms with E-state index >= 15 is 0 Å². The molecule has 1 atom stereocenters. The van der Waals surface area contributed by atoms with Gasteiger partial charge in [0.1, 0.15) is 17.5 Å². The molecule has 4 rings (SSSR count). The molecular weight excluding hydrogens is 392 g/mol. The molecule has 1 unspecified atom stereocenters. The van der Waals surface area contributed by atoms with E-state index < -0.39 is 16.9 Å². The standard InChI is InChI=1S/C19H14ClF2N3OS/c1-10-17-18(12-8-11(21)6-7-14(12)22)27-9-16(26)23-19(17)25(24-10)15-5-3-2-4-13(15)20/h2-8,18H,9H2,1H3,(H,23,26). The minimum Gasteiger partial charge on any atom is -0.310 e. The van der Waals surface area contributed by atoms with E-state index in [9.17, 15) is 13.6 Å². The summed E-state index contributed by atoms with van der Waals surface area (Å²) in [5.41, 5.74) is 2.01. The Morgan fingerprint density at radius 1 is 1.26 bits per heavy atom. The van der Waals surface area contributed by atoms with Gasteiger partial charge in [0, 0.05) is 11.1 Å². The SMILES string of the molecule is Cc1nn(-c2ccccc2Cl)c2c1C(c1cc(F)ccc1F)SCC(=O)N2. The minimum absolute atomic E-state index is 0.108. The molecule has 138 valence electrons. The van der Waals surface area contributed by atoms with Crippen LogP contribution in [0.15, 0.2) is 42.5 Å². The molecule has 0 radical (unpaired) electrons. The Bertz CT molecular complexity index is 1050. The number of nitrogens with one attached hydrogen (secondary N) is 1. The van der Waals surface area contributed by atoms with Crippen LogP contribution in [0.3, 0.4) is 0 Å². The summed E-state index contributed by atoms with van der Waals surface area (Å²) in [4.78, 5) is 12.3. The van der Waals surface area contributed by atoms with E-state index in [2.05, 4.69) is 10.4 Å². The number of aromatic nitrogens is 2. The summed E-state index contributed by atoms with van der Waals surface area (Å²) in [6.45, 7) is 1.77. The van der Waals surface area contributed by atoms with E-state index in [1.807, 2.05) is 6.07 Å². The second kappa shape index (κ2) is 6.98. The Balaban J connectivity index is 1.95. The van der Waals surface area contributed by atoms with E-state index in [1.165, 1.54) is 17.8 Å². The van der Waals surface area contributed by atoms with E-state index in [0.717, 1.165) is 12.1 Å². The van der Waals surface area contributed by atoms with Gasteiger partial charge in [-0.05, 0) is 37.3 Å². The molecule has 0 saturated heterocycles. The zero-order valence-electron chi connectivity index (χ0n) is 14.2.